The van der Waals surface area contributed by atoms with E-state index in [0.29, 0.717) is 18.7 Å². The number of carbonyl (C=O) groups is 3. The van der Waals surface area contributed by atoms with E-state index in [1.807, 2.05) is 19.1 Å². The van der Waals surface area contributed by atoms with Crippen LogP contribution in [0.25, 0.3) is 0 Å². The van der Waals surface area contributed by atoms with Gasteiger partial charge in [0.1, 0.15) is 5.70 Å². The quantitative estimate of drug-likeness (QED) is 0.745. The van der Waals surface area contributed by atoms with E-state index >= 15 is 0 Å². The number of rotatable bonds is 4. The Kier molecular flexibility index (Phi) is 5.63. The maximum atomic E-state index is 12.5. The zero-order valence-electron chi connectivity index (χ0n) is 16.1. The highest BCUT2D eigenvalue weighted by molar-refractivity contribution is 6.05. The molecule has 1 aromatic rings. The summed E-state index contributed by atoms with van der Waals surface area (Å²) in [4.78, 5) is 40.1. The number of methoxy groups -OCH3 is 2. The van der Waals surface area contributed by atoms with E-state index in [2.05, 4.69) is 0 Å². The topological polar surface area (TPSA) is 76.2 Å². The number of allylic oxidation sites excluding steroid dienone is 2. The molecule has 1 aromatic carbocycles. The summed E-state index contributed by atoms with van der Waals surface area (Å²) >= 11 is 0. The number of ether oxygens (including phenoxy) is 2. The molecule has 2 aliphatic heterocycles. The number of amides is 1. The molecule has 0 aromatic heterocycles. The zero-order valence-corrected chi connectivity index (χ0v) is 16.1. The summed E-state index contributed by atoms with van der Waals surface area (Å²) in [6.45, 7) is 2.61. The number of benzene rings is 1. The van der Waals surface area contributed by atoms with Crippen LogP contribution in [0.2, 0.25) is 0 Å². The molecule has 1 fully saturated rings. The molecule has 2 heterocycles. The molecule has 0 saturated carbocycles. The van der Waals surface area contributed by atoms with E-state index in [4.69, 9.17) is 9.47 Å². The standard InChI is InChI=1S/C21H22N2O5/c1-14-13-15(9-10-17(14)23-12-6-8-18(23)24)22-11-5-4-7-16(20(25)27-2)19(22)21(26)28-3/h4-5,7,9-11,13H,6,8,12H2,1-3H3. The third kappa shape index (κ3) is 3.55. The Balaban J connectivity index is 2.07. The van der Waals surface area contributed by atoms with Crippen molar-refractivity contribution in [3.63, 3.8) is 0 Å². The Morgan fingerprint density at radius 1 is 1.07 bits per heavy atom. The number of nitrogens with zero attached hydrogens (tertiary/aromatic N) is 2. The summed E-state index contributed by atoms with van der Waals surface area (Å²) in [6.07, 6.45) is 7.95. The Bertz CT molecular complexity index is 913. The van der Waals surface area contributed by atoms with Crippen LogP contribution in [0.15, 0.2) is 53.9 Å². The van der Waals surface area contributed by atoms with E-state index < -0.39 is 11.9 Å². The number of anilines is 2. The van der Waals surface area contributed by atoms with Crippen molar-refractivity contribution < 1.29 is 23.9 Å². The van der Waals surface area contributed by atoms with Crippen LogP contribution in [0.3, 0.4) is 0 Å². The maximum absolute atomic E-state index is 12.5. The Morgan fingerprint density at radius 2 is 1.82 bits per heavy atom. The minimum Gasteiger partial charge on any atom is -0.465 e. The van der Waals surface area contributed by atoms with Crippen LogP contribution in [-0.2, 0) is 23.9 Å². The minimum atomic E-state index is -0.659. The molecule has 0 N–H and O–H groups in total. The summed E-state index contributed by atoms with van der Waals surface area (Å²) in [7, 11) is 2.51. The van der Waals surface area contributed by atoms with Crippen LogP contribution >= 0.6 is 0 Å². The van der Waals surface area contributed by atoms with Crippen LogP contribution in [-0.4, -0.2) is 38.6 Å². The molecule has 1 saturated heterocycles. The van der Waals surface area contributed by atoms with E-state index in [9.17, 15) is 14.4 Å². The number of aryl methyl sites for hydroxylation is 1. The van der Waals surface area contributed by atoms with Gasteiger partial charge in [0.2, 0.25) is 5.91 Å². The Hall–Kier alpha value is -3.35. The third-order valence-corrected chi connectivity index (χ3v) is 4.71. The van der Waals surface area contributed by atoms with Crippen molar-refractivity contribution in [2.75, 3.05) is 30.6 Å². The molecular formula is C21H22N2O5. The molecule has 7 heteroatoms. The summed E-state index contributed by atoms with van der Waals surface area (Å²) in [5.74, 6) is -1.19. The van der Waals surface area contributed by atoms with Gasteiger partial charge >= 0.3 is 11.9 Å². The van der Waals surface area contributed by atoms with Crippen LogP contribution in [0.5, 0.6) is 0 Å². The molecule has 0 spiro atoms. The molecule has 0 unspecified atom stereocenters. The van der Waals surface area contributed by atoms with E-state index in [-0.39, 0.29) is 17.2 Å². The van der Waals surface area contributed by atoms with Crippen molar-refractivity contribution in [2.24, 2.45) is 0 Å². The normalized spacial score (nSPS) is 16.5. The second-order valence-corrected chi connectivity index (χ2v) is 6.44. The lowest BCUT2D eigenvalue weighted by Crippen LogP contribution is -2.27. The van der Waals surface area contributed by atoms with E-state index in [1.165, 1.54) is 20.3 Å². The van der Waals surface area contributed by atoms with Crippen LogP contribution in [0, 0.1) is 6.92 Å². The third-order valence-electron chi connectivity index (χ3n) is 4.71. The van der Waals surface area contributed by atoms with Crippen molar-refractivity contribution in [3.8, 4) is 0 Å². The first-order valence-electron chi connectivity index (χ1n) is 8.94. The summed E-state index contributed by atoms with van der Waals surface area (Å²) in [6, 6.07) is 5.53. The second kappa shape index (κ2) is 8.12. The van der Waals surface area contributed by atoms with Crippen molar-refractivity contribution in [2.45, 2.75) is 19.8 Å². The van der Waals surface area contributed by atoms with Crippen molar-refractivity contribution in [1.29, 1.82) is 0 Å². The van der Waals surface area contributed by atoms with Gasteiger partial charge in [0, 0.05) is 30.5 Å². The number of carbonyl (C=O) groups excluding carboxylic acids is 3. The molecule has 2 aliphatic rings. The molecular weight excluding hydrogens is 360 g/mol. The molecule has 0 radical (unpaired) electrons. The first kappa shape index (κ1) is 19.4. The molecule has 146 valence electrons. The van der Waals surface area contributed by atoms with Crippen LogP contribution in [0.4, 0.5) is 11.4 Å². The second-order valence-electron chi connectivity index (χ2n) is 6.44. The van der Waals surface area contributed by atoms with Gasteiger partial charge in [0.15, 0.2) is 0 Å². The van der Waals surface area contributed by atoms with Gasteiger partial charge in [-0.05, 0) is 49.3 Å². The predicted octanol–water partition coefficient (Wildman–Crippen LogP) is 2.61. The van der Waals surface area contributed by atoms with Crippen molar-refractivity contribution in [1.82, 2.24) is 0 Å². The minimum absolute atomic E-state index is 0.0590. The smallest absolute Gasteiger partial charge is 0.355 e. The first-order valence-corrected chi connectivity index (χ1v) is 8.94. The van der Waals surface area contributed by atoms with E-state index in [1.54, 1.807) is 34.2 Å². The fraction of sp³-hybridized carbons (Fsp3) is 0.286. The zero-order chi connectivity index (χ0) is 20.3. The summed E-state index contributed by atoms with van der Waals surface area (Å²) < 4.78 is 9.73. The SMILES string of the molecule is COC(=O)C1=C(C(=O)OC)N(c2ccc(N3CCCC3=O)c(C)c2)C=CC=C1. The fourth-order valence-electron chi connectivity index (χ4n) is 3.36. The van der Waals surface area contributed by atoms with E-state index in [0.717, 1.165) is 17.7 Å². The molecule has 7 nitrogen and oxygen atoms in total. The highest BCUT2D eigenvalue weighted by atomic mass is 16.5. The summed E-state index contributed by atoms with van der Waals surface area (Å²) in [5, 5.41) is 0. The monoisotopic (exact) mass is 382 g/mol. The molecule has 0 bridgehead atoms. The first-order chi connectivity index (χ1) is 13.5. The van der Waals surface area contributed by atoms with Gasteiger partial charge in [-0.25, -0.2) is 9.59 Å². The predicted molar refractivity (Wildman–Crippen MR) is 105 cm³/mol. The average molecular weight is 382 g/mol. The van der Waals surface area contributed by atoms with Gasteiger partial charge in [-0.15, -0.1) is 0 Å². The molecule has 0 atom stereocenters. The summed E-state index contributed by atoms with van der Waals surface area (Å²) in [5.41, 5.74) is 2.55. The van der Waals surface area contributed by atoms with Gasteiger partial charge in [-0.3, -0.25) is 4.79 Å². The number of esters is 2. The molecule has 1 amide bonds. The Morgan fingerprint density at radius 3 is 2.43 bits per heavy atom. The molecule has 28 heavy (non-hydrogen) atoms. The van der Waals surface area contributed by atoms with Crippen molar-refractivity contribution in [3.05, 3.63) is 59.5 Å². The average Bonchev–Trinajstić information content (AvgIpc) is 2.99. The fourth-order valence-corrected chi connectivity index (χ4v) is 3.36. The van der Waals surface area contributed by atoms with Gasteiger partial charge < -0.3 is 19.3 Å². The Labute approximate surface area is 163 Å². The lowest BCUT2D eigenvalue weighted by molar-refractivity contribution is -0.139. The lowest BCUT2D eigenvalue weighted by Gasteiger charge is -2.25. The number of hydrogen-bond donors (Lipinski definition) is 0. The number of hydrogen-bond acceptors (Lipinski definition) is 6. The van der Waals surface area contributed by atoms with Crippen LogP contribution in [0.1, 0.15) is 18.4 Å². The van der Waals surface area contributed by atoms with Gasteiger partial charge in [0.05, 0.1) is 19.8 Å². The van der Waals surface area contributed by atoms with Crippen LogP contribution < -0.4 is 9.80 Å². The van der Waals surface area contributed by atoms with Gasteiger partial charge in [0.25, 0.3) is 0 Å². The maximum Gasteiger partial charge on any atom is 0.355 e. The highest BCUT2D eigenvalue weighted by Gasteiger charge is 2.28. The lowest BCUT2D eigenvalue weighted by atomic mass is 10.1. The van der Waals surface area contributed by atoms with Gasteiger partial charge in [-0.2, -0.15) is 0 Å². The van der Waals surface area contributed by atoms with Gasteiger partial charge in [-0.1, -0.05) is 6.08 Å². The largest absolute Gasteiger partial charge is 0.465 e. The van der Waals surface area contributed by atoms with Crippen molar-refractivity contribution >= 4 is 29.2 Å². The highest BCUT2D eigenvalue weighted by Crippen LogP contribution is 2.32. The molecule has 0 aliphatic carbocycles. The molecule has 3 rings (SSSR count).